The van der Waals surface area contributed by atoms with Gasteiger partial charge in [0.1, 0.15) is 11.9 Å². The summed E-state index contributed by atoms with van der Waals surface area (Å²) in [6, 6.07) is 6.56. The Labute approximate surface area is 175 Å². The summed E-state index contributed by atoms with van der Waals surface area (Å²) in [4.78, 5) is 26.8. The molecule has 0 heterocycles. The minimum atomic E-state index is -1.35. The first-order valence-electron chi connectivity index (χ1n) is 10.1. The van der Waals surface area contributed by atoms with Crippen LogP contribution in [-0.2, 0) is 0 Å². The number of benzene rings is 2. The Kier molecular flexibility index (Phi) is 4.84. The highest BCUT2D eigenvalue weighted by Crippen LogP contribution is 2.50. The first-order chi connectivity index (χ1) is 14.1. The molecule has 0 saturated carbocycles. The van der Waals surface area contributed by atoms with Gasteiger partial charge in [-0.25, -0.2) is 0 Å². The van der Waals surface area contributed by atoms with Crippen molar-refractivity contribution in [3.8, 4) is 5.75 Å². The van der Waals surface area contributed by atoms with Crippen LogP contribution in [0.3, 0.4) is 0 Å². The normalized spacial score (nSPS) is 26.0. The summed E-state index contributed by atoms with van der Waals surface area (Å²) in [5.41, 5.74) is 1.45. The molecule has 3 N–H and O–H groups in total. The van der Waals surface area contributed by atoms with Gasteiger partial charge in [0.05, 0.1) is 18.3 Å². The quantitative estimate of drug-likeness (QED) is 0.613. The molecular weight excluding hydrogens is 384 g/mol. The zero-order chi connectivity index (χ0) is 22.0. The molecule has 6 heteroatoms. The Morgan fingerprint density at radius 2 is 1.87 bits per heavy atom. The predicted molar refractivity (Wildman–Crippen MR) is 110 cm³/mol. The van der Waals surface area contributed by atoms with E-state index in [1.807, 2.05) is 13.8 Å². The molecule has 0 amide bonds. The fourth-order valence-corrected chi connectivity index (χ4v) is 4.85. The summed E-state index contributed by atoms with van der Waals surface area (Å²) >= 11 is 0. The molecule has 158 valence electrons. The van der Waals surface area contributed by atoms with Crippen LogP contribution in [0.25, 0.3) is 0 Å². The molecule has 0 saturated heterocycles. The number of ketones is 2. The van der Waals surface area contributed by atoms with Gasteiger partial charge in [-0.15, -0.1) is 0 Å². The fraction of sp³-hybridized carbons (Fsp3) is 0.417. The maximum Gasteiger partial charge on any atom is 0.198 e. The lowest BCUT2D eigenvalue weighted by molar-refractivity contribution is -0.0801. The number of carbonyl (C=O) groups is 2. The van der Waals surface area contributed by atoms with Gasteiger partial charge >= 0.3 is 0 Å². The molecule has 4 atom stereocenters. The van der Waals surface area contributed by atoms with Crippen LogP contribution in [0, 0.1) is 0 Å². The van der Waals surface area contributed by atoms with E-state index in [9.17, 15) is 24.9 Å². The first-order valence-corrected chi connectivity index (χ1v) is 10.1. The van der Waals surface area contributed by atoms with Crippen LogP contribution in [0.1, 0.15) is 93.7 Å². The van der Waals surface area contributed by atoms with E-state index in [2.05, 4.69) is 0 Å². The molecule has 0 aromatic heterocycles. The van der Waals surface area contributed by atoms with Gasteiger partial charge in [0.25, 0.3) is 0 Å². The van der Waals surface area contributed by atoms with Gasteiger partial charge in [-0.3, -0.25) is 9.59 Å². The second-order valence-corrected chi connectivity index (χ2v) is 8.75. The number of carbonyl (C=O) groups excluding carboxylic acids is 2. The molecule has 0 unspecified atom stereocenters. The van der Waals surface area contributed by atoms with E-state index in [0.29, 0.717) is 23.1 Å². The molecule has 0 fully saturated rings. The van der Waals surface area contributed by atoms with Crippen molar-refractivity contribution in [1.29, 1.82) is 0 Å². The van der Waals surface area contributed by atoms with E-state index >= 15 is 0 Å². The molecule has 2 aliphatic carbocycles. The highest BCUT2D eigenvalue weighted by Gasteiger charge is 2.45. The van der Waals surface area contributed by atoms with Crippen molar-refractivity contribution in [3.63, 3.8) is 0 Å². The number of rotatable bonds is 3. The fourth-order valence-electron chi connectivity index (χ4n) is 4.85. The second-order valence-electron chi connectivity index (χ2n) is 8.75. The van der Waals surface area contributed by atoms with Gasteiger partial charge in [0, 0.05) is 34.8 Å². The van der Waals surface area contributed by atoms with Gasteiger partial charge in [0.2, 0.25) is 0 Å². The molecule has 0 radical (unpaired) electrons. The van der Waals surface area contributed by atoms with Crippen molar-refractivity contribution in [2.75, 3.05) is 13.7 Å². The van der Waals surface area contributed by atoms with Gasteiger partial charge in [-0.05, 0) is 42.5 Å². The highest BCUT2D eigenvalue weighted by atomic mass is 16.5. The lowest BCUT2D eigenvalue weighted by Crippen LogP contribution is -2.39. The topological polar surface area (TPSA) is 104 Å². The van der Waals surface area contributed by atoms with Crippen molar-refractivity contribution in [2.24, 2.45) is 0 Å². The van der Waals surface area contributed by atoms with Gasteiger partial charge in [-0.1, -0.05) is 26.0 Å². The molecule has 2 aliphatic rings. The van der Waals surface area contributed by atoms with Crippen LogP contribution in [0.5, 0.6) is 5.75 Å². The van der Waals surface area contributed by atoms with Crippen LogP contribution >= 0.6 is 0 Å². The molecule has 6 nitrogen and oxygen atoms in total. The first kappa shape index (κ1) is 20.7. The van der Waals surface area contributed by atoms with Crippen LogP contribution in [-0.4, -0.2) is 46.2 Å². The molecule has 0 spiro atoms. The minimum absolute atomic E-state index is 0.0658. The van der Waals surface area contributed by atoms with Crippen molar-refractivity contribution in [2.45, 2.75) is 50.7 Å². The zero-order valence-electron chi connectivity index (χ0n) is 17.5. The van der Waals surface area contributed by atoms with E-state index in [1.54, 1.807) is 25.1 Å². The molecule has 0 aliphatic heterocycles. The largest absolute Gasteiger partial charge is 0.496 e. The Balaban J connectivity index is 1.98. The third-order valence-electron chi connectivity index (χ3n) is 6.50. The summed E-state index contributed by atoms with van der Waals surface area (Å²) in [5.74, 6) is -0.695. The zero-order valence-corrected chi connectivity index (χ0v) is 17.5. The highest BCUT2D eigenvalue weighted by molar-refractivity contribution is 6.29. The SMILES string of the molecule is COc1c2c(cc3c1[C@H](C)C[C@@](C)(O)[C@H]3O)C(=O)c1ccc([C@H](C)CO)cc1C2=O. The number of hydrogen-bond donors (Lipinski definition) is 3. The standard InChI is InChI=1S/C24H26O6/c1-11-9-24(3,29)23(28)17-8-16-19(22(30-4)18(11)17)21(27)15-7-13(12(2)10-25)5-6-14(15)20(16)26/h5-8,11-12,23,25,28-29H,9-10H2,1-4H3/t11-,12-,23+,24-/m1/s1. The maximum absolute atomic E-state index is 13.5. The van der Waals surface area contributed by atoms with E-state index in [0.717, 1.165) is 5.56 Å². The second kappa shape index (κ2) is 7.01. The minimum Gasteiger partial charge on any atom is -0.496 e. The Morgan fingerprint density at radius 1 is 1.17 bits per heavy atom. The van der Waals surface area contributed by atoms with Crippen molar-refractivity contribution in [1.82, 2.24) is 0 Å². The smallest absolute Gasteiger partial charge is 0.198 e. The van der Waals surface area contributed by atoms with E-state index in [1.165, 1.54) is 13.2 Å². The number of methoxy groups -OCH3 is 1. The van der Waals surface area contributed by atoms with Crippen molar-refractivity contribution >= 4 is 11.6 Å². The molecule has 30 heavy (non-hydrogen) atoms. The molecule has 0 bridgehead atoms. The average Bonchev–Trinajstić information content (AvgIpc) is 2.73. The lowest BCUT2D eigenvalue weighted by Gasteiger charge is -2.40. The van der Waals surface area contributed by atoms with Crippen LogP contribution in [0.15, 0.2) is 24.3 Å². The Morgan fingerprint density at radius 3 is 2.50 bits per heavy atom. The van der Waals surface area contributed by atoms with Crippen LogP contribution < -0.4 is 4.74 Å². The Hall–Kier alpha value is -2.54. The predicted octanol–water partition coefficient (Wildman–Crippen LogP) is 2.86. The van der Waals surface area contributed by atoms with Crippen LogP contribution in [0.4, 0.5) is 0 Å². The summed E-state index contributed by atoms with van der Waals surface area (Å²) in [6.45, 7) is 5.24. The summed E-state index contributed by atoms with van der Waals surface area (Å²) < 4.78 is 5.62. The van der Waals surface area contributed by atoms with E-state index in [-0.39, 0.29) is 52.4 Å². The van der Waals surface area contributed by atoms with E-state index in [4.69, 9.17) is 4.74 Å². The van der Waals surface area contributed by atoms with Crippen molar-refractivity contribution in [3.05, 3.63) is 63.2 Å². The maximum atomic E-state index is 13.5. The third-order valence-corrected chi connectivity index (χ3v) is 6.50. The number of ether oxygens (including phenoxy) is 1. The molecule has 2 aromatic rings. The molecule has 2 aromatic carbocycles. The average molecular weight is 410 g/mol. The number of aliphatic hydroxyl groups is 3. The number of hydrogen-bond acceptors (Lipinski definition) is 6. The Bertz CT molecular complexity index is 1070. The third kappa shape index (κ3) is 2.82. The van der Waals surface area contributed by atoms with Gasteiger partial charge in [-0.2, -0.15) is 0 Å². The number of aliphatic hydroxyl groups excluding tert-OH is 2. The lowest BCUT2D eigenvalue weighted by atomic mass is 9.70. The molecule has 4 rings (SSSR count). The summed E-state index contributed by atoms with van der Waals surface area (Å²) in [7, 11) is 1.44. The van der Waals surface area contributed by atoms with Crippen molar-refractivity contribution < 1.29 is 29.6 Å². The monoisotopic (exact) mass is 410 g/mol. The molecular formula is C24H26O6. The van der Waals surface area contributed by atoms with Gasteiger partial charge in [0.15, 0.2) is 11.6 Å². The van der Waals surface area contributed by atoms with Gasteiger partial charge < -0.3 is 20.1 Å². The number of fused-ring (bicyclic) bond motifs is 3. The summed E-state index contributed by atoms with van der Waals surface area (Å²) in [6.07, 6.45) is -0.896. The summed E-state index contributed by atoms with van der Waals surface area (Å²) in [5, 5.41) is 30.9. The van der Waals surface area contributed by atoms with Crippen LogP contribution in [0.2, 0.25) is 0 Å². The van der Waals surface area contributed by atoms with E-state index < -0.39 is 11.7 Å².